The first-order chi connectivity index (χ1) is 29.8. The number of hydrogen-bond acceptors (Lipinski definition) is 0. The minimum atomic E-state index is 1.29. The fourth-order valence-electron chi connectivity index (χ4n) is 6.81. The summed E-state index contributed by atoms with van der Waals surface area (Å²) in [4.78, 5) is 0. The molecule has 0 unspecified atom stereocenters. The van der Waals surface area contributed by atoms with Crippen LogP contribution in [0.2, 0.25) is 0 Å². The van der Waals surface area contributed by atoms with E-state index in [-0.39, 0.29) is 0 Å². The largest absolute Gasteiger partial charge is 0.0620 e. The summed E-state index contributed by atoms with van der Waals surface area (Å²) in [5.41, 5.74) is 21.0. The average molecular weight is 809 g/mol. The monoisotopic (exact) mass is 809 g/mol. The van der Waals surface area contributed by atoms with E-state index in [1.165, 1.54) is 99.8 Å². The number of aryl methyl sites for hydroxylation is 10. The Bertz CT molecular complexity index is 2610. The fourth-order valence-corrected chi connectivity index (χ4v) is 6.81. The van der Waals surface area contributed by atoms with Gasteiger partial charge < -0.3 is 0 Å². The molecule has 312 valence electrons. The van der Waals surface area contributed by atoms with Crippen LogP contribution in [0.1, 0.15) is 55.6 Å². The van der Waals surface area contributed by atoms with Gasteiger partial charge in [-0.1, -0.05) is 256 Å². The highest BCUT2D eigenvalue weighted by atomic mass is 14.0. The Balaban J connectivity index is 0.000000148. The van der Waals surface area contributed by atoms with Gasteiger partial charge in [0.1, 0.15) is 0 Å². The third-order valence-corrected chi connectivity index (χ3v) is 10.7. The van der Waals surface area contributed by atoms with Crippen molar-refractivity contribution in [1.82, 2.24) is 0 Å². The second-order valence-corrected chi connectivity index (χ2v) is 16.7. The molecule has 0 fully saturated rings. The highest BCUT2D eigenvalue weighted by Crippen LogP contribution is 2.24. The predicted molar refractivity (Wildman–Crippen MR) is 273 cm³/mol. The van der Waals surface area contributed by atoms with Crippen molar-refractivity contribution < 1.29 is 0 Å². The van der Waals surface area contributed by atoms with Crippen LogP contribution in [0.25, 0.3) is 44.2 Å². The Morgan fingerprint density at radius 1 is 0.194 bits per heavy atom. The van der Waals surface area contributed by atoms with E-state index in [1.54, 1.807) is 0 Å². The van der Waals surface area contributed by atoms with E-state index in [0.717, 1.165) is 0 Å². The molecule has 0 aliphatic rings. The molecule has 0 aliphatic carbocycles. The highest BCUT2D eigenvalue weighted by Gasteiger charge is 2.00. The molecule has 0 radical (unpaired) electrons. The lowest BCUT2D eigenvalue weighted by Crippen LogP contribution is -1.82. The maximum Gasteiger partial charge on any atom is -0.0155 e. The van der Waals surface area contributed by atoms with E-state index in [9.17, 15) is 0 Å². The first-order valence-electron chi connectivity index (χ1n) is 21.7. The fraction of sp³-hybridized carbons (Fsp3) is 0.161. The van der Waals surface area contributed by atoms with Gasteiger partial charge in [0.05, 0.1) is 0 Å². The molecule has 0 spiro atoms. The van der Waals surface area contributed by atoms with Gasteiger partial charge in [-0.15, -0.1) is 0 Å². The molecule has 0 aromatic heterocycles. The quantitative estimate of drug-likeness (QED) is 0.167. The lowest BCUT2D eigenvalue weighted by Gasteiger charge is -2.05. The molecule has 0 heteroatoms. The zero-order chi connectivity index (χ0) is 44.4. The van der Waals surface area contributed by atoms with Gasteiger partial charge in [-0.25, -0.2) is 0 Å². The van der Waals surface area contributed by atoms with Gasteiger partial charge in [0.2, 0.25) is 0 Å². The Morgan fingerprint density at radius 3 is 0.871 bits per heavy atom. The molecule has 9 aromatic carbocycles. The maximum atomic E-state index is 2.22. The lowest BCUT2D eigenvalue weighted by molar-refractivity contribution is 1.40. The van der Waals surface area contributed by atoms with Crippen LogP contribution in [-0.4, -0.2) is 0 Å². The van der Waals surface area contributed by atoms with E-state index >= 15 is 0 Å². The summed E-state index contributed by atoms with van der Waals surface area (Å²) in [5, 5.41) is 2.67. The molecule has 62 heavy (non-hydrogen) atoms. The lowest BCUT2D eigenvalue weighted by atomic mass is 10.00. The molecule has 0 N–H and O–H groups in total. The number of rotatable bonds is 3. The summed E-state index contributed by atoms with van der Waals surface area (Å²) in [7, 11) is 0. The van der Waals surface area contributed by atoms with E-state index in [2.05, 4.69) is 275 Å². The van der Waals surface area contributed by atoms with Crippen LogP contribution in [0.15, 0.2) is 206 Å². The molecule has 9 rings (SSSR count). The molecule has 0 aliphatic heterocycles. The molecule has 0 heterocycles. The van der Waals surface area contributed by atoms with Crippen LogP contribution in [0.3, 0.4) is 0 Å². The Hall–Kier alpha value is -6.76. The van der Waals surface area contributed by atoms with Crippen LogP contribution >= 0.6 is 0 Å². The maximum absolute atomic E-state index is 2.22. The van der Waals surface area contributed by atoms with Gasteiger partial charge in [-0.2, -0.15) is 0 Å². The normalized spacial score (nSPS) is 10.1. The Labute approximate surface area is 373 Å². The van der Waals surface area contributed by atoms with Crippen molar-refractivity contribution in [3.63, 3.8) is 0 Å². The van der Waals surface area contributed by atoms with E-state index in [1.807, 2.05) is 0 Å². The molecule has 0 saturated carbocycles. The summed E-state index contributed by atoms with van der Waals surface area (Å²) in [6.45, 7) is 21.2. The molecule has 0 bridgehead atoms. The standard InChI is InChI=1S/3C14H14.C12H12.C8H10/c1-11-3-7-13(8-4-11)14-9-5-12(2)6-10-14;1-11-6-8-13(9-7-11)14-5-3-4-12(2)10-14;1-11-7-9-13(10-8-11)14-6-4-3-5-12(14)2;1-9-3-5-12-8-10(2)4-6-11(12)7-9;1-7-3-5-8(2)6-4-7/h3*3-10H,1-2H3;3-8H,1-2H3;3-6H,1-2H3. The highest BCUT2D eigenvalue weighted by molar-refractivity contribution is 5.83. The number of fused-ring (bicyclic) bond motifs is 1. The van der Waals surface area contributed by atoms with Gasteiger partial charge >= 0.3 is 0 Å². The Kier molecular flexibility index (Phi) is 17.4. The van der Waals surface area contributed by atoms with Crippen LogP contribution in [0.4, 0.5) is 0 Å². The molecular formula is C62H64. The van der Waals surface area contributed by atoms with E-state index in [0.29, 0.717) is 0 Å². The third-order valence-electron chi connectivity index (χ3n) is 10.7. The van der Waals surface area contributed by atoms with Crippen LogP contribution in [-0.2, 0) is 0 Å². The molecule has 0 amide bonds. The summed E-state index contributed by atoms with van der Waals surface area (Å²) in [6.07, 6.45) is 0. The van der Waals surface area contributed by atoms with E-state index in [4.69, 9.17) is 0 Å². The zero-order valence-electron chi connectivity index (χ0n) is 38.6. The van der Waals surface area contributed by atoms with Crippen LogP contribution < -0.4 is 0 Å². The summed E-state index contributed by atoms with van der Waals surface area (Å²) in [5.74, 6) is 0. The Morgan fingerprint density at radius 2 is 0.500 bits per heavy atom. The van der Waals surface area contributed by atoms with Gasteiger partial charge in [-0.3, -0.25) is 0 Å². The minimum Gasteiger partial charge on any atom is -0.0620 e. The number of benzene rings is 9. The molecule has 0 atom stereocenters. The number of hydrogen-bond donors (Lipinski definition) is 0. The first-order valence-corrected chi connectivity index (χ1v) is 21.7. The second-order valence-electron chi connectivity index (χ2n) is 16.7. The molecular weight excluding hydrogens is 745 g/mol. The van der Waals surface area contributed by atoms with Crippen LogP contribution in [0, 0.1) is 69.2 Å². The topological polar surface area (TPSA) is 0 Å². The second kappa shape index (κ2) is 23.3. The smallest absolute Gasteiger partial charge is 0.0155 e. The van der Waals surface area contributed by atoms with Crippen molar-refractivity contribution in [3.8, 4) is 33.4 Å². The van der Waals surface area contributed by atoms with Crippen LogP contribution in [0.5, 0.6) is 0 Å². The summed E-state index contributed by atoms with van der Waals surface area (Å²) < 4.78 is 0. The summed E-state index contributed by atoms with van der Waals surface area (Å²) >= 11 is 0. The first kappa shape index (κ1) is 46.3. The average Bonchev–Trinajstić information content (AvgIpc) is 3.27. The zero-order valence-corrected chi connectivity index (χ0v) is 38.6. The van der Waals surface area contributed by atoms with E-state index < -0.39 is 0 Å². The van der Waals surface area contributed by atoms with Gasteiger partial charge in [0.15, 0.2) is 0 Å². The van der Waals surface area contributed by atoms with Crippen molar-refractivity contribution in [2.75, 3.05) is 0 Å². The molecule has 0 saturated heterocycles. The minimum absolute atomic E-state index is 1.29. The van der Waals surface area contributed by atoms with Crippen molar-refractivity contribution in [1.29, 1.82) is 0 Å². The predicted octanol–water partition coefficient (Wildman–Crippen LogP) is 17.7. The molecule has 9 aromatic rings. The summed E-state index contributed by atoms with van der Waals surface area (Å²) in [6, 6.07) is 73.2. The van der Waals surface area contributed by atoms with Crippen molar-refractivity contribution in [2.24, 2.45) is 0 Å². The van der Waals surface area contributed by atoms with Gasteiger partial charge in [0, 0.05) is 0 Å². The van der Waals surface area contributed by atoms with Gasteiger partial charge in [-0.05, 0) is 119 Å². The third kappa shape index (κ3) is 15.1. The van der Waals surface area contributed by atoms with Crippen molar-refractivity contribution in [2.45, 2.75) is 69.2 Å². The van der Waals surface area contributed by atoms with Crippen molar-refractivity contribution >= 4 is 10.8 Å². The van der Waals surface area contributed by atoms with Crippen molar-refractivity contribution in [3.05, 3.63) is 262 Å². The SMILES string of the molecule is Cc1ccc(-c2ccc(C)cc2)cc1.Cc1ccc(-c2cccc(C)c2)cc1.Cc1ccc(-c2ccccc2C)cc1.Cc1ccc(C)cc1.Cc1ccc2cc(C)ccc2c1. The molecule has 0 nitrogen and oxygen atoms in total. The van der Waals surface area contributed by atoms with Gasteiger partial charge in [0.25, 0.3) is 0 Å².